The Labute approximate surface area is 170 Å². The number of carbonyl (C=O) groups is 1. The van der Waals surface area contributed by atoms with Crippen LogP contribution in [0, 0.1) is 18.8 Å². The van der Waals surface area contributed by atoms with Crippen LogP contribution in [0.2, 0.25) is 0 Å². The van der Waals surface area contributed by atoms with E-state index in [0.29, 0.717) is 18.4 Å². The highest BCUT2D eigenvalue weighted by Gasteiger charge is 2.45. The summed E-state index contributed by atoms with van der Waals surface area (Å²) in [5, 5.41) is 2.92. The molecule has 1 aromatic carbocycles. The third kappa shape index (κ3) is 4.29. The maximum atomic E-state index is 11.9. The molecule has 1 N–H and O–H groups in total. The molecule has 0 fully saturated rings. The Balaban J connectivity index is 1.75. The van der Waals surface area contributed by atoms with Crippen LogP contribution in [0.25, 0.3) is 0 Å². The molecule has 0 saturated carbocycles. The van der Waals surface area contributed by atoms with E-state index in [4.69, 9.17) is 4.74 Å². The van der Waals surface area contributed by atoms with Gasteiger partial charge in [-0.15, -0.1) is 0 Å². The van der Waals surface area contributed by atoms with E-state index < -0.39 is 0 Å². The minimum atomic E-state index is -0.132. The normalized spacial score (nSPS) is 23.7. The molecule has 0 radical (unpaired) electrons. The van der Waals surface area contributed by atoms with Gasteiger partial charge < -0.3 is 10.1 Å². The number of hydrogen-bond acceptors (Lipinski definition) is 2. The molecule has 1 heterocycles. The van der Waals surface area contributed by atoms with E-state index in [-0.39, 0.29) is 17.4 Å². The minimum Gasteiger partial charge on any atom is -0.487 e. The Morgan fingerprint density at radius 1 is 1.32 bits per heavy atom. The molecule has 1 aromatic rings. The van der Waals surface area contributed by atoms with Crippen LogP contribution in [-0.4, -0.2) is 18.1 Å². The van der Waals surface area contributed by atoms with E-state index in [0.717, 1.165) is 37.9 Å². The standard InChI is InChI=1S/C25H37NO2/c1-7-26-24(27)17(3)9-8-10-19-14-18(4)23-20-13-16(2)11-12-21(20)25(5,6)28-22(23)15-19/h11,14-15,17,20-21H,7-10,12-13H2,1-6H3,(H,26,27)/t17-,20+,21+/m1/s1. The number of carbonyl (C=O) groups excluding carboxylic acids is 1. The molecule has 3 rings (SSSR count). The summed E-state index contributed by atoms with van der Waals surface area (Å²) in [4.78, 5) is 11.9. The van der Waals surface area contributed by atoms with Gasteiger partial charge in [-0.1, -0.05) is 24.6 Å². The van der Waals surface area contributed by atoms with E-state index in [1.165, 1.54) is 22.3 Å². The summed E-state index contributed by atoms with van der Waals surface area (Å²) in [5.41, 5.74) is 5.50. The second-order valence-corrected chi connectivity index (χ2v) is 9.42. The van der Waals surface area contributed by atoms with Crippen LogP contribution in [0.3, 0.4) is 0 Å². The summed E-state index contributed by atoms with van der Waals surface area (Å²) in [6.45, 7) is 13.7. The van der Waals surface area contributed by atoms with Crippen molar-refractivity contribution in [1.29, 1.82) is 0 Å². The van der Waals surface area contributed by atoms with E-state index in [9.17, 15) is 4.79 Å². The lowest BCUT2D eigenvalue weighted by Gasteiger charge is -2.47. The summed E-state index contributed by atoms with van der Waals surface area (Å²) < 4.78 is 6.55. The van der Waals surface area contributed by atoms with Gasteiger partial charge in [0, 0.05) is 23.9 Å². The number of aryl methyl sites for hydroxylation is 2. The lowest BCUT2D eigenvalue weighted by atomic mass is 9.66. The molecule has 3 atom stereocenters. The molecule has 0 bridgehead atoms. The van der Waals surface area contributed by atoms with Crippen LogP contribution in [0.5, 0.6) is 5.75 Å². The predicted octanol–water partition coefficient (Wildman–Crippen LogP) is 5.70. The number of rotatable bonds is 6. The maximum absolute atomic E-state index is 11.9. The van der Waals surface area contributed by atoms with Crippen LogP contribution >= 0.6 is 0 Å². The first-order valence-corrected chi connectivity index (χ1v) is 11.0. The number of nitrogens with one attached hydrogen (secondary N) is 1. The molecule has 1 amide bonds. The maximum Gasteiger partial charge on any atom is 0.222 e. The minimum absolute atomic E-state index is 0.0756. The first-order valence-electron chi connectivity index (χ1n) is 11.0. The van der Waals surface area contributed by atoms with Crippen LogP contribution in [0.15, 0.2) is 23.8 Å². The molecule has 0 unspecified atom stereocenters. The molecule has 154 valence electrons. The van der Waals surface area contributed by atoms with E-state index in [2.05, 4.69) is 51.2 Å². The van der Waals surface area contributed by atoms with Crippen LogP contribution < -0.4 is 10.1 Å². The third-order valence-electron chi connectivity index (χ3n) is 6.69. The average molecular weight is 384 g/mol. The Morgan fingerprint density at radius 3 is 2.79 bits per heavy atom. The van der Waals surface area contributed by atoms with Gasteiger partial charge in [-0.3, -0.25) is 4.79 Å². The SMILES string of the molecule is CCNC(=O)[C@H](C)CCCc1cc(C)c2c(c1)OC(C)(C)[C@H]1CC=C(C)C[C@H]21. The molecule has 1 aliphatic heterocycles. The fourth-order valence-corrected chi connectivity index (χ4v) is 5.13. The van der Waals surface area contributed by atoms with Gasteiger partial charge >= 0.3 is 0 Å². The Bertz CT molecular complexity index is 762. The van der Waals surface area contributed by atoms with Gasteiger partial charge in [0.2, 0.25) is 5.91 Å². The van der Waals surface area contributed by atoms with Crippen molar-refractivity contribution in [3.05, 3.63) is 40.5 Å². The average Bonchev–Trinajstić information content (AvgIpc) is 2.60. The van der Waals surface area contributed by atoms with E-state index >= 15 is 0 Å². The van der Waals surface area contributed by atoms with Gasteiger partial charge in [0.15, 0.2) is 0 Å². The predicted molar refractivity (Wildman–Crippen MR) is 116 cm³/mol. The molecule has 0 saturated heterocycles. The smallest absolute Gasteiger partial charge is 0.222 e. The van der Waals surface area contributed by atoms with Gasteiger partial charge in [0.25, 0.3) is 0 Å². The zero-order chi connectivity index (χ0) is 20.5. The van der Waals surface area contributed by atoms with Crippen molar-refractivity contribution in [2.75, 3.05) is 6.54 Å². The summed E-state index contributed by atoms with van der Waals surface area (Å²) in [6.07, 6.45) is 7.60. The second kappa shape index (κ2) is 8.31. The quantitative estimate of drug-likeness (QED) is 0.640. The number of fused-ring (bicyclic) bond motifs is 3. The van der Waals surface area contributed by atoms with Crippen LogP contribution in [0.4, 0.5) is 0 Å². The van der Waals surface area contributed by atoms with Gasteiger partial charge in [-0.05, 0) is 89.8 Å². The number of benzene rings is 1. The van der Waals surface area contributed by atoms with Crippen molar-refractivity contribution >= 4 is 5.91 Å². The third-order valence-corrected chi connectivity index (χ3v) is 6.69. The summed E-state index contributed by atoms with van der Waals surface area (Å²) >= 11 is 0. The Hall–Kier alpha value is -1.77. The van der Waals surface area contributed by atoms with Crippen molar-refractivity contribution in [3.63, 3.8) is 0 Å². The highest BCUT2D eigenvalue weighted by Crippen LogP contribution is 2.52. The lowest BCUT2D eigenvalue weighted by molar-refractivity contribution is -0.124. The first-order chi connectivity index (χ1) is 13.2. The molecule has 28 heavy (non-hydrogen) atoms. The zero-order valence-electron chi connectivity index (χ0n) is 18.5. The van der Waals surface area contributed by atoms with Crippen molar-refractivity contribution < 1.29 is 9.53 Å². The van der Waals surface area contributed by atoms with Gasteiger partial charge in [0.05, 0.1) is 0 Å². The topological polar surface area (TPSA) is 38.3 Å². The molecule has 1 aliphatic carbocycles. The fraction of sp³-hybridized carbons (Fsp3) is 0.640. The molecular weight excluding hydrogens is 346 g/mol. The Morgan fingerprint density at radius 2 is 2.07 bits per heavy atom. The molecule has 3 nitrogen and oxygen atoms in total. The highest BCUT2D eigenvalue weighted by atomic mass is 16.5. The van der Waals surface area contributed by atoms with E-state index in [1.807, 2.05) is 13.8 Å². The fourth-order valence-electron chi connectivity index (χ4n) is 5.13. The molecular formula is C25H37NO2. The number of hydrogen-bond donors (Lipinski definition) is 1. The monoisotopic (exact) mass is 383 g/mol. The second-order valence-electron chi connectivity index (χ2n) is 9.42. The van der Waals surface area contributed by atoms with Crippen molar-refractivity contribution in [1.82, 2.24) is 5.32 Å². The van der Waals surface area contributed by atoms with Gasteiger partial charge in [-0.2, -0.15) is 0 Å². The Kier molecular flexibility index (Phi) is 6.21. The number of allylic oxidation sites excluding steroid dienone is 2. The highest BCUT2D eigenvalue weighted by molar-refractivity contribution is 5.78. The van der Waals surface area contributed by atoms with Crippen molar-refractivity contribution in [3.8, 4) is 5.75 Å². The largest absolute Gasteiger partial charge is 0.487 e. The number of amides is 1. The van der Waals surface area contributed by atoms with Crippen LogP contribution in [-0.2, 0) is 11.2 Å². The molecule has 0 spiro atoms. The van der Waals surface area contributed by atoms with Crippen molar-refractivity contribution in [2.24, 2.45) is 11.8 Å². The van der Waals surface area contributed by atoms with Gasteiger partial charge in [-0.25, -0.2) is 0 Å². The molecule has 2 aliphatic rings. The summed E-state index contributed by atoms with van der Waals surface area (Å²) in [6, 6.07) is 4.62. The zero-order valence-corrected chi connectivity index (χ0v) is 18.5. The van der Waals surface area contributed by atoms with E-state index in [1.54, 1.807) is 0 Å². The number of ether oxygens (including phenoxy) is 1. The summed E-state index contributed by atoms with van der Waals surface area (Å²) in [5.74, 6) is 2.45. The van der Waals surface area contributed by atoms with Crippen molar-refractivity contribution in [2.45, 2.75) is 85.2 Å². The summed E-state index contributed by atoms with van der Waals surface area (Å²) in [7, 11) is 0. The van der Waals surface area contributed by atoms with Gasteiger partial charge in [0.1, 0.15) is 11.4 Å². The first kappa shape index (κ1) is 21.0. The lowest BCUT2D eigenvalue weighted by Crippen LogP contribution is -2.45. The van der Waals surface area contributed by atoms with Crippen LogP contribution in [0.1, 0.15) is 82.9 Å². The molecule has 0 aromatic heterocycles. The molecule has 3 heteroatoms.